The maximum Gasteiger partial charge on any atom is 0.205 e. The smallest absolute Gasteiger partial charge is 0.205 e. The van der Waals surface area contributed by atoms with Gasteiger partial charge in [0.05, 0.1) is 16.3 Å². The van der Waals surface area contributed by atoms with Crippen LogP contribution >= 0.6 is 11.6 Å². The molecule has 2 heterocycles. The first-order chi connectivity index (χ1) is 14.7. The van der Waals surface area contributed by atoms with Crippen molar-refractivity contribution >= 4 is 27.2 Å². The van der Waals surface area contributed by atoms with E-state index in [-0.39, 0.29) is 28.8 Å². The van der Waals surface area contributed by atoms with Gasteiger partial charge >= 0.3 is 0 Å². The molecule has 1 aliphatic heterocycles. The minimum atomic E-state index is -4.29. The summed E-state index contributed by atoms with van der Waals surface area (Å²) in [6.07, 6.45) is 2.61. The Morgan fingerprint density at radius 1 is 1.10 bits per heavy atom. The molecule has 0 amide bonds. The first-order valence-electron chi connectivity index (χ1n) is 9.40. The average Bonchev–Trinajstić information content (AvgIpc) is 2.75. The summed E-state index contributed by atoms with van der Waals surface area (Å²) in [4.78, 5) is 21.4. The molecule has 0 saturated carbocycles. The normalized spacial score (nSPS) is 19.0. The van der Waals surface area contributed by atoms with E-state index in [9.17, 15) is 13.2 Å². The van der Waals surface area contributed by atoms with Crippen molar-refractivity contribution in [3.8, 4) is 5.75 Å². The fraction of sp³-hybridized carbons (Fsp3) is 0.227. The number of rotatable bonds is 4. The molecule has 2 aromatic carbocycles. The molecule has 0 radical (unpaired) electrons. The number of sulfone groups is 1. The van der Waals surface area contributed by atoms with Gasteiger partial charge in [-0.15, -0.1) is 0 Å². The van der Waals surface area contributed by atoms with Crippen LogP contribution in [0.15, 0.2) is 54.9 Å². The maximum atomic E-state index is 15.1. The van der Waals surface area contributed by atoms with E-state index < -0.39 is 37.0 Å². The van der Waals surface area contributed by atoms with Gasteiger partial charge in [0.2, 0.25) is 5.78 Å². The van der Waals surface area contributed by atoms with Gasteiger partial charge in [-0.2, -0.15) is 0 Å². The number of hydrogen-bond acceptors (Lipinski definition) is 6. The Labute approximate surface area is 184 Å². The van der Waals surface area contributed by atoms with Crippen LogP contribution in [0.4, 0.5) is 4.39 Å². The Morgan fingerprint density at radius 2 is 1.77 bits per heavy atom. The van der Waals surface area contributed by atoms with Crippen LogP contribution in [-0.4, -0.2) is 24.2 Å². The Hall–Kier alpha value is -2.84. The number of Topliss-reactive ketones (excluding diaryl/α,β-unsaturated/α-hetero) is 1. The van der Waals surface area contributed by atoms with E-state index >= 15 is 4.39 Å². The van der Waals surface area contributed by atoms with Gasteiger partial charge in [-0.25, -0.2) is 17.8 Å². The Balaban J connectivity index is 1.89. The van der Waals surface area contributed by atoms with E-state index in [0.717, 1.165) is 11.6 Å². The molecule has 0 fully saturated rings. The minimum absolute atomic E-state index is 0.00178. The number of benzene rings is 2. The Bertz CT molecular complexity index is 1280. The Kier molecular flexibility index (Phi) is 5.31. The number of carbonyl (C=O) groups excluding carboxylic acids is 1. The van der Waals surface area contributed by atoms with E-state index in [0.29, 0.717) is 0 Å². The van der Waals surface area contributed by atoms with E-state index in [4.69, 9.17) is 16.3 Å². The lowest BCUT2D eigenvalue weighted by Gasteiger charge is -2.35. The summed E-state index contributed by atoms with van der Waals surface area (Å²) in [6.45, 7) is 2.85. The Morgan fingerprint density at radius 3 is 2.48 bits per heavy atom. The second-order valence-corrected chi connectivity index (χ2v) is 10.6. The van der Waals surface area contributed by atoms with Crippen LogP contribution < -0.4 is 4.74 Å². The number of ketones is 1. The number of ether oxygens (including phenoxy) is 1. The summed E-state index contributed by atoms with van der Waals surface area (Å²) in [6, 6.07) is 11.3. The highest BCUT2D eigenvalue weighted by Crippen LogP contribution is 2.49. The first-order valence-corrected chi connectivity index (χ1v) is 11.3. The average molecular weight is 461 g/mol. The molecule has 1 unspecified atom stereocenters. The zero-order valence-corrected chi connectivity index (χ0v) is 18.2. The van der Waals surface area contributed by atoms with Crippen molar-refractivity contribution in [2.45, 2.75) is 30.5 Å². The fourth-order valence-electron chi connectivity index (χ4n) is 3.61. The second kappa shape index (κ2) is 7.69. The van der Waals surface area contributed by atoms with Crippen molar-refractivity contribution in [2.24, 2.45) is 0 Å². The topological polar surface area (TPSA) is 86.2 Å². The van der Waals surface area contributed by atoms with E-state index in [1.54, 1.807) is 24.3 Å². The van der Waals surface area contributed by atoms with Gasteiger partial charge in [0, 0.05) is 12.4 Å². The third kappa shape index (κ3) is 3.40. The van der Waals surface area contributed by atoms with Crippen molar-refractivity contribution in [2.75, 3.05) is 0 Å². The first kappa shape index (κ1) is 21.4. The lowest BCUT2D eigenvalue weighted by molar-refractivity contribution is 0.0971. The maximum absolute atomic E-state index is 15.1. The number of aromatic nitrogens is 2. The standard InChI is InChI=1S/C22H18ClFN2O4S/c1-22(2)21-17(25-10-11-26-21)18(27)20(31(22,28)29)16-15(24)9-8-14(23)19(16)30-12-13-6-4-3-5-7-13/h3-11,20H,12H2,1-2H3. The molecule has 3 aromatic rings. The molecule has 4 rings (SSSR count). The highest BCUT2D eigenvalue weighted by Gasteiger charge is 2.55. The van der Waals surface area contributed by atoms with Gasteiger partial charge in [-0.05, 0) is 31.5 Å². The molecular weight excluding hydrogens is 443 g/mol. The lowest BCUT2D eigenvalue weighted by atomic mass is 9.97. The number of fused-ring (bicyclic) bond motifs is 1. The van der Waals surface area contributed by atoms with E-state index in [2.05, 4.69) is 9.97 Å². The minimum Gasteiger partial charge on any atom is -0.487 e. The third-order valence-corrected chi connectivity index (χ3v) is 8.33. The van der Waals surface area contributed by atoms with Crippen molar-refractivity contribution in [3.63, 3.8) is 0 Å². The van der Waals surface area contributed by atoms with Crippen molar-refractivity contribution in [1.29, 1.82) is 0 Å². The monoisotopic (exact) mass is 460 g/mol. The molecule has 0 saturated heterocycles. The molecule has 9 heteroatoms. The van der Waals surface area contributed by atoms with Gasteiger partial charge in [-0.3, -0.25) is 9.78 Å². The molecular formula is C22H18ClFN2O4S. The molecule has 0 N–H and O–H groups in total. The third-order valence-electron chi connectivity index (χ3n) is 5.34. The molecule has 0 aliphatic carbocycles. The molecule has 1 atom stereocenters. The summed E-state index contributed by atoms with van der Waals surface area (Å²) in [5.41, 5.74) is 0.270. The zero-order chi connectivity index (χ0) is 22.4. The van der Waals surface area contributed by atoms with Crippen LogP contribution in [-0.2, 0) is 21.2 Å². The van der Waals surface area contributed by atoms with Crippen molar-refractivity contribution < 1.29 is 22.3 Å². The van der Waals surface area contributed by atoms with Crippen molar-refractivity contribution in [1.82, 2.24) is 9.97 Å². The van der Waals surface area contributed by atoms with Crippen LogP contribution in [0, 0.1) is 5.82 Å². The molecule has 6 nitrogen and oxygen atoms in total. The van der Waals surface area contributed by atoms with E-state index in [1.807, 2.05) is 6.07 Å². The SMILES string of the molecule is CC1(C)c2nccnc2C(=O)C(c2c(F)ccc(Cl)c2OCc2ccccc2)S1(=O)=O. The largest absolute Gasteiger partial charge is 0.487 e. The van der Waals surface area contributed by atoms with Gasteiger partial charge in [0.25, 0.3) is 0 Å². The predicted molar refractivity (Wildman–Crippen MR) is 113 cm³/mol. The molecule has 160 valence electrons. The quantitative estimate of drug-likeness (QED) is 0.572. The molecule has 1 aliphatic rings. The second-order valence-electron chi connectivity index (χ2n) is 7.60. The molecule has 0 bridgehead atoms. The van der Waals surface area contributed by atoms with Crippen LogP contribution in [0.25, 0.3) is 0 Å². The van der Waals surface area contributed by atoms with Gasteiger partial charge in [0.1, 0.15) is 28.6 Å². The molecule has 0 spiro atoms. The fourth-order valence-corrected chi connectivity index (χ4v) is 5.76. The van der Waals surface area contributed by atoms with Crippen LogP contribution in [0.5, 0.6) is 5.75 Å². The molecule has 31 heavy (non-hydrogen) atoms. The highest BCUT2D eigenvalue weighted by molar-refractivity contribution is 7.93. The number of nitrogens with zero attached hydrogens (tertiary/aromatic N) is 2. The number of hydrogen-bond donors (Lipinski definition) is 0. The molecule has 1 aromatic heterocycles. The highest BCUT2D eigenvalue weighted by atomic mass is 35.5. The van der Waals surface area contributed by atoms with Gasteiger partial charge < -0.3 is 4.74 Å². The zero-order valence-electron chi connectivity index (χ0n) is 16.7. The van der Waals surface area contributed by atoms with E-state index in [1.165, 1.54) is 32.3 Å². The summed E-state index contributed by atoms with van der Waals surface area (Å²) >= 11 is 6.27. The summed E-state index contributed by atoms with van der Waals surface area (Å²) in [7, 11) is -4.29. The van der Waals surface area contributed by atoms with Crippen molar-refractivity contribution in [3.05, 3.63) is 88.2 Å². The van der Waals surface area contributed by atoms with Crippen LogP contribution in [0.1, 0.15) is 46.4 Å². The number of carbonyl (C=O) groups is 1. The summed E-state index contributed by atoms with van der Waals surface area (Å²) in [5, 5.41) is -1.87. The van der Waals surface area contributed by atoms with Crippen LogP contribution in [0.3, 0.4) is 0 Å². The lowest BCUT2D eigenvalue weighted by Crippen LogP contribution is -2.44. The van der Waals surface area contributed by atoms with Crippen LogP contribution in [0.2, 0.25) is 5.02 Å². The van der Waals surface area contributed by atoms with Gasteiger partial charge in [-0.1, -0.05) is 41.9 Å². The van der Waals surface area contributed by atoms with Gasteiger partial charge in [0.15, 0.2) is 15.1 Å². The summed E-state index contributed by atoms with van der Waals surface area (Å²) in [5.74, 6) is -1.96. The number of halogens is 2. The predicted octanol–water partition coefficient (Wildman–Crippen LogP) is 4.44. The summed E-state index contributed by atoms with van der Waals surface area (Å²) < 4.78 is 46.4.